The molecule has 2 saturated heterocycles. The zero-order valence-electron chi connectivity index (χ0n) is 20.6. The van der Waals surface area contributed by atoms with Crippen LogP contribution in [0.15, 0.2) is 48.5 Å². The number of piperidine rings is 1. The largest absolute Gasteiger partial charge is 0.376 e. The van der Waals surface area contributed by atoms with E-state index in [0.29, 0.717) is 22.7 Å². The summed E-state index contributed by atoms with van der Waals surface area (Å²) in [5.41, 5.74) is 2.64. The highest BCUT2D eigenvalue weighted by Gasteiger charge is 2.22. The van der Waals surface area contributed by atoms with E-state index >= 15 is 0 Å². The predicted molar refractivity (Wildman–Crippen MR) is 139 cm³/mol. The molecule has 2 N–H and O–H groups in total. The Bertz CT molecular complexity index is 1020. The zero-order chi connectivity index (χ0) is 24.6. The van der Waals surface area contributed by atoms with Crippen LogP contribution in [0.25, 0.3) is 0 Å². The van der Waals surface area contributed by atoms with Crippen molar-refractivity contribution in [2.24, 2.45) is 5.92 Å². The summed E-state index contributed by atoms with van der Waals surface area (Å²) in [5, 5.41) is 5.96. The number of rotatable bonds is 6. The van der Waals surface area contributed by atoms with E-state index in [0.717, 1.165) is 57.5 Å². The van der Waals surface area contributed by atoms with Gasteiger partial charge >= 0.3 is 0 Å². The lowest BCUT2D eigenvalue weighted by Crippen LogP contribution is -2.37. The molecule has 0 spiro atoms. The number of benzene rings is 2. The molecule has 3 amide bonds. The van der Waals surface area contributed by atoms with Crippen molar-refractivity contribution in [2.45, 2.75) is 45.4 Å². The van der Waals surface area contributed by atoms with E-state index in [-0.39, 0.29) is 24.3 Å². The molecule has 2 heterocycles. The number of anilines is 2. The van der Waals surface area contributed by atoms with E-state index in [1.807, 2.05) is 34.1 Å². The van der Waals surface area contributed by atoms with Crippen molar-refractivity contribution >= 4 is 29.1 Å². The lowest BCUT2D eigenvalue weighted by atomic mass is 9.98. The fourth-order valence-corrected chi connectivity index (χ4v) is 4.70. The van der Waals surface area contributed by atoms with Gasteiger partial charge in [0.1, 0.15) is 0 Å². The van der Waals surface area contributed by atoms with Gasteiger partial charge in [-0.1, -0.05) is 25.8 Å². The summed E-state index contributed by atoms with van der Waals surface area (Å²) < 4.78 is 0. The monoisotopic (exact) mass is 476 g/mol. The highest BCUT2D eigenvalue weighted by Crippen LogP contribution is 2.20. The number of carbonyl (C=O) groups excluding carboxylic acids is 3. The minimum Gasteiger partial charge on any atom is -0.376 e. The lowest BCUT2D eigenvalue weighted by molar-refractivity contribution is -0.114. The second-order valence-electron chi connectivity index (χ2n) is 9.74. The van der Waals surface area contributed by atoms with Crippen molar-refractivity contribution < 1.29 is 14.4 Å². The van der Waals surface area contributed by atoms with Gasteiger partial charge in [-0.05, 0) is 74.1 Å². The highest BCUT2D eigenvalue weighted by molar-refractivity contribution is 5.98. The summed E-state index contributed by atoms with van der Waals surface area (Å²) in [7, 11) is 0. The number of amides is 3. The summed E-state index contributed by atoms with van der Waals surface area (Å²) in [6.07, 6.45) is 6.56. The van der Waals surface area contributed by atoms with Crippen LogP contribution >= 0.6 is 0 Å². The molecule has 0 bridgehead atoms. The number of hydrogen-bond donors (Lipinski definition) is 2. The average Bonchev–Trinajstić information content (AvgIpc) is 3.17. The van der Waals surface area contributed by atoms with Crippen LogP contribution < -0.4 is 10.6 Å². The first-order chi connectivity index (χ1) is 17.0. The molecule has 0 aromatic heterocycles. The smallest absolute Gasteiger partial charge is 0.253 e. The van der Waals surface area contributed by atoms with Gasteiger partial charge < -0.3 is 20.4 Å². The Balaban J connectivity index is 1.27. The van der Waals surface area contributed by atoms with Gasteiger partial charge in [0.15, 0.2) is 0 Å². The second-order valence-corrected chi connectivity index (χ2v) is 9.74. The maximum atomic E-state index is 12.8. The van der Waals surface area contributed by atoms with Crippen LogP contribution in [0.4, 0.5) is 11.4 Å². The van der Waals surface area contributed by atoms with E-state index in [1.54, 1.807) is 24.3 Å². The minimum atomic E-state index is -0.203. The van der Waals surface area contributed by atoms with Crippen molar-refractivity contribution in [3.8, 4) is 0 Å². The molecule has 0 unspecified atom stereocenters. The normalized spacial score (nSPS) is 16.9. The van der Waals surface area contributed by atoms with E-state index < -0.39 is 0 Å². The molecule has 7 heteroatoms. The van der Waals surface area contributed by atoms with Crippen LogP contribution in [-0.2, 0) is 4.79 Å². The van der Waals surface area contributed by atoms with Gasteiger partial charge in [-0.15, -0.1) is 0 Å². The molecular formula is C28H36N4O3. The predicted octanol–water partition coefficient (Wildman–Crippen LogP) is 4.63. The minimum absolute atomic E-state index is 0.0148. The third kappa shape index (κ3) is 6.84. The van der Waals surface area contributed by atoms with Gasteiger partial charge in [0.25, 0.3) is 11.8 Å². The van der Waals surface area contributed by atoms with Gasteiger partial charge in [0, 0.05) is 48.7 Å². The van der Waals surface area contributed by atoms with E-state index in [4.69, 9.17) is 0 Å². The molecule has 0 atom stereocenters. The maximum Gasteiger partial charge on any atom is 0.253 e. The average molecular weight is 477 g/mol. The van der Waals surface area contributed by atoms with Crippen LogP contribution in [0.3, 0.4) is 0 Å². The molecule has 2 aliphatic heterocycles. The van der Waals surface area contributed by atoms with Crippen LogP contribution in [0.2, 0.25) is 0 Å². The molecule has 2 aliphatic rings. The Hall–Kier alpha value is -3.35. The Morgan fingerprint density at radius 3 is 2.09 bits per heavy atom. The Labute approximate surface area is 207 Å². The van der Waals surface area contributed by atoms with Crippen LogP contribution in [0.1, 0.15) is 66.2 Å². The summed E-state index contributed by atoms with van der Waals surface area (Å²) >= 11 is 0. The fraction of sp³-hybridized carbons (Fsp3) is 0.464. The Morgan fingerprint density at radius 2 is 1.40 bits per heavy atom. The molecule has 4 rings (SSSR count). The van der Waals surface area contributed by atoms with Crippen molar-refractivity contribution in [3.63, 3.8) is 0 Å². The van der Waals surface area contributed by atoms with Crippen molar-refractivity contribution in [3.05, 3.63) is 59.7 Å². The molecule has 35 heavy (non-hydrogen) atoms. The summed E-state index contributed by atoms with van der Waals surface area (Å²) in [6.45, 7) is 5.51. The van der Waals surface area contributed by atoms with Crippen molar-refractivity contribution in [1.82, 2.24) is 9.80 Å². The molecule has 0 aliphatic carbocycles. The number of hydrogen-bond acceptors (Lipinski definition) is 4. The summed E-state index contributed by atoms with van der Waals surface area (Å²) in [4.78, 5) is 41.9. The zero-order valence-corrected chi connectivity index (χ0v) is 20.6. The van der Waals surface area contributed by atoms with Crippen LogP contribution in [0.5, 0.6) is 0 Å². The van der Waals surface area contributed by atoms with E-state index in [9.17, 15) is 14.4 Å². The molecular weight excluding hydrogens is 440 g/mol. The van der Waals surface area contributed by atoms with Gasteiger partial charge in [-0.3, -0.25) is 14.4 Å². The molecule has 0 radical (unpaired) electrons. The first-order valence-electron chi connectivity index (χ1n) is 12.8. The van der Waals surface area contributed by atoms with E-state index in [1.165, 1.54) is 12.8 Å². The maximum absolute atomic E-state index is 12.8. The quantitative estimate of drug-likeness (QED) is 0.637. The lowest BCUT2D eigenvalue weighted by Gasteiger charge is -2.30. The summed E-state index contributed by atoms with van der Waals surface area (Å²) in [5.74, 6) is 0.546. The first-order valence-corrected chi connectivity index (χ1v) is 12.8. The highest BCUT2D eigenvalue weighted by atomic mass is 16.2. The van der Waals surface area contributed by atoms with E-state index in [2.05, 4.69) is 17.6 Å². The van der Waals surface area contributed by atoms with Gasteiger partial charge in [-0.25, -0.2) is 0 Å². The first kappa shape index (κ1) is 24.8. The molecule has 2 aromatic carbocycles. The number of carbonyl (C=O) groups is 3. The number of likely N-dealkylation sites (tertiary alicyclic amines) is 2. The SMILES string of the molecule is CC1CCN(C(=O)c2cccc(NC(=O)CNc3ccc(C(=O)N4CCCCCC4)cc3)c2)CC1. The topological polar surface area (TPSA) is 81.8 Å². The third-order valence-electron chi connectivity index (χ3n) is 6.94. The third-order valence-corrected chi connectivity index (χ3v) is 6.94. The summed E-state index contributed by atoms with van der Waals surface area (Å²) in [6, 6.07) is 14.4. The molecule has 2 fully saturated rings. The molecule has 7 nitrogen and oxygen atoms in total. The van der Waals surface area contributed by atoms with Gasteiger partial charge in [0.05, 0.1) is 6.54 Å². The van der Waals surface area contributed by atoms with Crippen molar-refractivity contribution in [2.75, 3.05) is 43.4 Å². The molecule has 186 valence electrons. The molecule has 2 aromatic rings. The second kappa shape index (κ2) is 11.9. The van der Waals surface area contributed by atoms with Crippen LogP contribution in [-0.4, -0.2) is 60.2 Å². The van der Waals surface area contributed by atoms with Crippen molar-refractivity contribution in [1.29, 1.82) is 0 Å². The standard InChI is InChI=1S/C28H36N4O3/c1-21-13-17-32(18-14-21)28(35)23-7-6-8-25(19-23)30-26(33)20-29-24-11-9-22(10-12-24)27(34)31-15-4-2-3-5-16-31/h6-12,19,21,29H,2-5,13-18,20H2,1H3,(H,30,33). The number of nitrogens with zero attached hydrogens (tertiary/aromatic N) is 2. The Kier molecular flexibility index (Phi) is 8.40. The Morgan fingerprint density at radius 1 is 0.771 bits per heavy atom. The fourth-order valence-electron chi connectivity index (χ4n) is 4.70. The van der Waals surface area contributed by atoms with Gasteiger partial charge in [0.2, 0.25) is 5.91 Å². The molecule has 0 saturated carbocycles. The number of nitrogens with one attached hydrogen (secondary N) is 2. The van der Waals surface area contributed by atoms with Crippen LogP contribution in [0, 0.1) is 5.92 Å². The van der Waals surface area contributed by atoms with Gasteiger partial charge in [-0.2, -0.15) is 0 Å².